The Hall–Kier alpha value is -1.16. The molecule has 1 aliphatic rings. The van der Waals surface area contributed by atoms with E-state index in [9.17, 15) is 0 Å². The average Bonchev–Trinajstić information content (AvgIpc) is 2.48. The lowest BCUT2D eigenvalue weighted by molar-refractivity contribution is 0.376. The topological polar surface area (TPSA) is 41.0 Å². The van der Waals surface area contributed by atoms with Crippen LogP contribution in [-0.2, 0) is 6.42 Å². The third-order valence-electron chi connectivity index (χ3n) is 3.77. The van der Waals surface area contributed by atoms with E-state index >= 15 is 0 Å². The summed E-state index contributed by atoms with van der Waals surface area (Å²) >= 11 is 0. The first-order valence-corrected chi connectivity index (χ1v) is 7.60. The van der Waals surface area contributed by atoms with Gasteiger partial charge in [0.25, 0.3) is 0 Å². The normalized spacial score (nSPS) is 19.4. The molecule has 4 heteroatoms. The number of rotatable bonds is 6. The van der Waals surface area contributed by atoms with Gasteiger partial charge in [0.15, 0.2) is 0 Å². The van der Waals surface area contributed by atoms with Crippen LogP contribution in [0.4, 0.5) is 5.82 Å². The number of hydrogen-bond acceptors (Lipinski definition) is 4. The molecule has 106 valence electrons. The van der Waals surface area contributed by atoms with Crippen molar-refractivity contribution in [2.75, 3.05) is 31.1 Å². The number of nitrogens with one attached hydrogen (secondary N) is 1. The van der Waals surface area contributed by atoms with Gasteiger partial charge >= 0.3 is 0 Å². The summed E-state index contributed by atoms with van der Waals surface area (Å²) in [4.78, 5) is 11.2. The molecule has 0 amide bonds. The van der Waals surface area contributed by atoms with E-state index in [4.69, 9.17) is 0 Å². The summed E-state index contributed by atoms with van der Waals surface area (Å²) in [6.45, 7) is 8.89. The zero-order chi connectivity index (χ0) is 13.5. The van der Waals surface area contributed by atoms with E-state index in [-0.39, 0.29) is 0 Å². The van der Waals surface area contributed by atoms with E-state index in [0.29, 0.717) is 0 Å². The number of nitrogens with zero attached hydrogens (tertiary/aromatic N) is 3. The lowest BCUT2D eigenvalue weighted by atomic mass is 9.99. The van der Waals surface area contributed by atoms with Crippen LogP contribution in [0.25, 0.3) is 0 Å². The van der Waals surface area contributed by atoms with E-state index in [1.807, 2.05) is 0 Å². The number of anilines is 1. The lowest BCUT2D eigenvalue weighted by Crippen LogP contribution is -2.39. The van der Waals surface area contributed by atoms with Gasteiger partial charge in [0.2, 0.25) is 0 Å². The van der Waals surface area contributed by atoms with Gasteiger partial charge in [0, 0.05) is 24.8 Å². The fraction of sp³-hybridized carbons (Fsp3) is 0.733. The molecule has 1 aromatic rings. The smallest absolute Gasteiger partial charge is 0.132 e. The van der Waals surface area contributed by atoms with Crippen molar-refractivity contribution in [2.24, 2.45) is 5.92 Å². The van der Waals surface area contributed by atoms with Crippen LogP contribution >= 0.6 is 0 Å². The van der Waals surface area contributed by atoms with Crippen molar-refractivity contribution in [3.63, 3.8) is 0 Å². The van der Waals surface area contributed by atoms with Gasteiger partial charge in [-0.2, -0.15) is 0 Å². The molecule has 2 rings (SSSR count). The van der Waals surface area contributed by atoms with Gasteiger partial charge in [-0.1, -0.05) is 13.8 Å². The summed E-state index contributed by atoms with van der Waals surface area (Å²) in [6, 6.07) is 2.14. The minimum Gasteiger partial charge on any atom is -0.356 e. The van der Waals surface area contributed by atoms with Crippen LogP contribution in [0, 0.1) is 5.92 Å². The fourth-order valence-corrected chi connectivity index (χ4v) is 2.71. The summed E-state index contributed by atoms with van der Waals surface area (Å²) in [7, 11) is 0. The Bertz CT molecular complexity index is 374. The second-order valence-corrected chi connectivity index (χ2v) is 5.38. The standard InChI is InChI=1S/C15H26N4/c1-3-8-19(11-13-6-5-7-16-10-13)15-9-14(4-2)17-12-18-15/h9,12-13,16H,3-8,10-11H2,1-2H3. The number of hydrogen-bond donors (Lipinski definition) is 1. The molecule has 1 unspecified atom stereocenters. The van der Waals surface area contributed by atoms with Crippen LogP contribution in [0.3, 0.4) is 0 Å². The molecular formula is C15H26N4. The predicted molar refractivity (Wildman–Crippen MR) is 79.5 cm³/mol. The van der Waals surface area contributed by atoms with Crippen molar-refractivity contribution in [3.05, 3.63) is 18.1 Å². The summed E-state index contributed by atoms with van der Waals surface area (Å²) in [5.41, 5.74) is 1.13. The van der Waals surface area contributed by atoms with Crippen LogP contribution in [0.1, 0.15) is 38.8 Å². The lowest BCUT2D eigenvalue weighted by Gasteiger charge is -2.30. The molecule has 19 heavy (non-hydrogen) atoms. The number of aryl methyl sites for hydroxylation is 1. The first kappa shape index (κ1) is 14.3. The van der Waals surface area contributed by atoms with E-state index in [1.165, 1.54) is 19.4 Å². The predicted octanol–water partition coefficient (Wildman–Crippen LogP) is 2.25. The van der Waals surface area contributed by atoms with Crippen molar-refractivity contribution in [1.82, 2.24) is 15.3 Å². The van der Waals surface area contributed by atoms with Gasteiger partial charge in [0.1, 0.15) is 12.1 Å². The number of piperidine rings is 1. The second kappa shape index (κ2) is 7.43. The van der Waals surface area contributed by atoms with E-state index in [1.54, 1.807) is 6.33 Å². The van der Waals surface area contributed by atoms with E-state index < -0.39 is 0 Å². The summed E-state index contributed by atoms with van der Waals surface area (Å²) in [6.07, 6.45) is 6.47. The highest BCUT2D eigenvalue weighted by atomic mass is 15.2. The largest absolute Gasteiger partial charge is 0.356 e. The Morgan fingerprint density at radius 2 is 2.26 bits per heavy atom. The molecule has 0 saturated carbocycles. The van der Waals surface area contributed by atoms with Crippen molar-refractivity contribution < 1.29 is 0 Å². The van der Waals surface area contributed by atoms with Gasteiger partial charge in [0.05, 0.1) is 0 Å². The maximum absolute atomic E-state index is 4.47. The average molecular weight is 262 g/mol. The molecule has 1 aromatic heterocycles. The second-order valence-electron chi connectivity index (χ2n) is 5.38. The fourth-order valence-electron chi connectivity index (χ4n) is 2.71. The molecule has 0 bridgehead atoms. The maximum Gasteiger partial charge on any atom is 0.132 e. The highest BCUT2D eigenvalue weighted by Gasteiger charge is 2.17. The molecule has 0 radical (unpaired) electrons. The first-order chi connectivity index (χ1) is 9.33. The third-order valence-corrected chi connectivity index (χ3v) is 3.77. The zero-order valence-electron chi connectivity index (χ0n) is 12.2. The highest BCUT2D eigenvalue weighted by Crippen LogP contribution is 2.17. The zero-order valence-corrected chi connectivity index (χ0v) is 12.2. The maximum atomic E-state index is 4.47. The van der Waals surface area contributed by atoms with Gasteiger partial charge in [-0.25, -0.2) is 9.97 Å². The molecule has 1 N–H and O–H groups in total. The minimum atomic E-state index is 0.750. The Morgan fingerprint density at radius 3 is 2.95 bits per heavy atom. The van der Waals surface area contributed by atoms with Crippen LogP contribution < -0.4 is 10.2 Å². The van der Waals surface area contributed by atoms with Crippen LogP contribution in [0.2, 0.25) is 0 Å². The van der Waals surface area contributed by atoms with Gasteiger partial charge in [-0.15, -0.1) is 0 Å². The monoisotopic (exact) mass is 262 g/mol. The molecule has 1 aliphatic heterocycles. The molecule has 4 nitrogen and oxygen atoms in total. The molecule has 1 fully saturated rings. The summed E-state index contributed by atoms with van der Waals surface area (Å²) in [5.74, 6) is 1.85. The minimum absolute atomic E-state index is 0.750. The van der Waals surface area contributed by atoms with E-state index in [2.05, 4.69) is 40.1 Å². The molecule has 1 atom stereocenters. The summed E-state index contributed by atoms with van der Waals surface area (Å²) < 4.78 is 0. The van der Waals surface area contributed by atoms with Crippen molar-refractivity contribution in [1.29, 1.82) is 0 Å². The quantitative estimate of drug-likeness (QED) is 0.854. The number of aromatic nitrogens is 2. The van der Waals surface area contributed by atoms with Crippen LogP contribution in [-0.4, -0.2) is 36.1 Å². The Labute approximate surface area is 116 Å². The third kappa shape index (κ3) is 4.16. The molecule has 1 saturated heterocycles. The van der Waals surface area contributed by atoms with Gasteiger partial charge < -0.3 is 10.2 Å². The Balaban J connectivity index is 2.04. The molecule has 0 aromatic carbocycles. The van der Waals surface area contributed by atoms with Crippen molar-refractivity contribution in [3.8, 4) is 0 Å². The van der Waals surface area contributed by atoms with Gasteiger partial charge in [-0.05, 0) is 44.7 Å². The van der Waals surface area contributed by atoms with E-state index in [0.717, 1.165) is 49.9 Å². The van der Waals surface area contributed by atoms with Crippen LogP contribution in [0.15, 0.2) is 12.4 Å². The van der Waals surface area contributed by atoms with Gasteiger partial charge in [-0.3, -0.25) is 0 Å². The molecule has 2 heterocycles. The van der Waals surface area contributed by atoms with Crippen molar-refractivity contribution in [2.45, 2.75) is 39.5 Å². The highest BCUT2D eigenvalue weighted by molar-refractivity contribution is 5.39. The molecule has 0 spiro atoms. The Kier molecular flexibility index (Phi) is 5.58. The molecular weight excluding hydrogens is 236 g/mol. The SMILES string of the molecule is CCCN(CC1CCCNC1)c1cc(CC)ncn1. The van der Waals surface area contributed by atoms with Crippen molar-refractivity contribution >= 4 is 5.82 Å². The Morgan fingerprint density at radius 1 is 1.37 bits per heavy atom. The molecule has 0 aliphatic carbocycles. The summed E-state index contributed by atoms with van der Waals surface area (Å²) in [5, 5.41) is 3.50. The van der Waals surface area contributed by atoms with Crippen LogP contribution in [0.5, 0.6) is 0 Å². The first-order valence-electron chi connectivity index (χ1n) is 7.60.